The topological polar surface area (TPSA) is 54.7 Å². The summed E-state index contributed by atoms with van der Waals surface area (Å²) in [6.45, 7) is 0. The molecule has 1 aromatic carbocycles. The molecule has 0 radical (unpaired) electrons. The van der Waals surface area contributed by atoms with Gasteiger partial charge in [-0.3, -0.25) is 0 Å². The van der Waals surface area contributed by atoms with Crippen molar-refractivity contribution in [2.75, 3.05) is 0 Å². The third-order valence-electron chi connectivity index (χ3n) is 3.94. The summed E-state index contributed by atoms with van der Waals surface area (Å²) < 4.78 is 0. The molecule has 18 heavy (non-hydrogen) atoms. The highest BCUT2D eigenvalue weighted by Crippen LogP contribution is 2.32. The second kappa shape index (κ2) is 4.90. The molecule has 1 aliphatic rings. The van der Waals surface area contributed by atoms with E-state index in [1.807, 2.05) is 18.2 Å². The van der Waals surface area contributed by atoms with Crippen LogP contribution in [0.25, 0.3) is 11.0 Å². The van der Waals surface area contributed by atoms with E-state index < -0.39 is 0 Å². The van der Waals surface area contributed by atoms with Crippen molar-refractivity contribution in [1.82, 2.24) is 9.97 Å². The molecule has 1 unspecified atom stereocenters. The normalized spacial score (nSPS) is 19.2. The van der Waals surface area contributed by atoms with Crippen molar-refractivity contribution in [1.29, 1.82) is 0 Å². The molecule has 0 aliphatic heterocycles. The van der Waals surface area contributed by atoms with Crippen LogP contribution < -0.4 is 5.73 Å². The predicted molar refractivity (Wildman–Crippen MR) is 74.6 cm³/mol. The summed E-state index contributed by atoms with van der Waals surface area (Å²) in [5.41, 5.74) is 8.27. The van der Waals surface area contributed by atoms with E-state index in [1.165, 1.54) is 32.1 Å². The first-order chi connectivity index (χ1) is 8.74. The predicted octanol–water partition coefficient (Wildman–Crippen LogP) is 3.80. The third kappa shape index (κ3) is 2.25. The molecule has 3 rings (SSSR count). The summed E-state index contributed by atoms with van der Waals surface area (Å²) in [6.07, 6.45) is 6.38. The van der Waals surface area contributed by atoms with Gasteiger partial charge in [0.25, 0.3) is 0 Å². The number of imidazole rings is 1. The van der Waals surface area contributed by atoms with Gasteiger partial charge in [-0.1, -0.05) is 30.9 Å². The molecule has 96 valence electrons. The second-order valence-corrected chi connectivity index (χ2v) is 5.64. The maximum atomic E-state index is 6.34. The van der Waals surface area contributed by atoms with Crippen molar-refractivity contribution in [3.8, 4) is 0 Å². The fraction of sp³-hybridized carbons (Fsp3) is 0.500. The minimum Gasteiger partial charge on any atom is -0.341 e. The number of benzene rings is 1. The monoisotopic (exact) mass is 263 g/mol. The number of hydrogen-bond acceptors (Lipinski definition) is 2. The second-order valence-electron chi connectivity index (χ2n) is 5.21. The van der Waals surface area contributed by atoms with Gasteiger partial charge in [0, 0.05) is 5.02 Å². The number of rotatable bonds is 2. The molecular formula is C14H18ClN3. The van der Waals surface area contributed by atoms with Crippen LogP contribution in [0.15, 0.2) is 18.2 Å². The molecule has 0 amide bonds. The van der Waals surface area contributed by atoms with E-state index in [0.29, 0.717) is 5.92 Å². The van der Waals surface area contributed by atoms with Crippen LogP contribution in [0.2, 0.25) is 5.02 Å². The Morgan fingerprint density at radius 3 is 2.83 bits per heavy atom. The Labute approximate surface area is 112 Å². The van der Waals surface area contributed by atoms with Crippen LogP contribution in [0.1, 0.15) is 44.0 Å². The summed E-state index contributed by atoms with van der Waals surface area (Å²) >= 11 is 5.98. The van der Waals surface area contributed by atoms with Crippen molar-refractivity contribution in [2.24, 2.45) is 11.7 Å². The van der Waals surface area contributed by atoms with Gasteiger partial charge in [-0.05, 0) is 37.0 Å². The molecule has 3 N–H and O–H groups in total. The molecule has 1 aliphatic carbocycles. The minimum absolute atomic E-state index is 0.0245. The number of nitrogens with zero attached hydrogens (tertiary/aromatic N) is 1. The fourth-order valence-electron chi connectivity index (χ4n) is 2.88. The highest BCUT2D eigenvalue weighted by molar-refractivity contribution is 6.31. The van der Waals surface area contributed by atoms with Gasteiger partial charge >= 0.3 is 0 Å². The average molecular weight is 264 g/mol. The largest absolute Gasteiger partial charge is 0.341 e. The molecule has 0 bridgehead atoms. The van der Waals surface area contributed by atoms with Gasteiger partial charge in [0.05, 0.1) is 17.1 Å². The van der Waals surface area contributed by atoms with Gasteiger partial charge in [-0.15, -0.1) is 0 Å². The van der Waals surface area contributed by atoms with Crippen LogP contribution in [0.3, 0.4) is 0 Å². The van der Waals surface area contributed by atoms with E-state index in [-0.39, 0.29) is 6.04 Å². The zero-order chi connectivity index (χ0) is 12.5. The number of nitrogens with one attached hydrogen (secondary N) is 1. The lowest BCUT2D eigenvalue weighted by molar-refractivity contribution is 0.302. The molecule has 1 saturated carbocycles. The molecule has 3 nitrogen and oxygen atoms in total. The first-order valence-corrected chi connectivity index (χ1v) is 7.02. The van der Waals surface area contributed by atoms with Crippen LogP contribution in [-0.4, -0.2) is 9.97 Å². The first-order valence-electron chi connectivity index (χ1n) is 6.65. The van der Waals surface area contributed by atoms with Crippen LogP contribution in [0, 0.1) is 5.92 Å². The number of fused-ring (bicyclic) bond motifs is 1. The Balaban J connectivity index is 1.88. The molecule has 4 heteroatoms. The lowest BCUT2D eigenvalue weighted by Gasteiger charge is -2.26. The van der Waals surface area contributed by atoms with E-state index in [0.717, 1.165) is 21.9 Å². The quantitative estimate of drug-likeness (QED) is 0.866. The molecule has 1 aromatic heterocycles. The Kier molecular flexibility index (Phi) is 3.27. The molecule has 1 atom stereocenters. The van der Waals surface area contributed by atoms with Crippen molar-refractivity contribution in [3.05, 3.63) is 29.0 Å². The number of halogens is 1. The van der Waals surface area contributed by atoms with E-state index >= 15 is 0 Å². The number of H-pyrrole nitrogens is 1. The molecule has 1 heterocycles. The van der Waals surface area contributed by atoms with Gasteiger partial charge in [-0.2, -0.15) is 0 Å². The lowest BCUT2D eigenvalue weighted by Crippen LogP contribution is -2.24. The summed E-state index contributed by atoms with van der Waals surface area (Å²) in [7, 11) is 0. The molecule has 0 saturated heterocycles. The van der Waals surface area contributed by atoms with Crippen LogP contribution in [0.4, 0.5) is 0 Å². The Morgan fingerprint density at radius 2 is 2.06 bits per heavy atom. The van der Waals surface area contributed by atoms with Gasteiger partial charge < -0.3 is 10.7 Å². The molecule has 2 aromatic rings. The van der Waals surface area contributed by atoms with Gasteiger partial charge in [0.1, 0.15) is 5.82 Å². The van der Waals surface area contributed by atoms with E-state index in [2.05, 4.69) is 9.97 Å². The summed E-state index contributed by atoms with van der Waals surface area (Å²) in [5, 5.41) is 0.726. The van der Waals surface area contributed by atoms with E-state index in [9.17, 15) is 0 Å². The highest BCUT2D eigenvalue weighted by atomic mass is 35.5. The molecule has 1 fully saturated rings. The number of nitrogens with two attached hydrogens (primary N) is 1. The lowest BCUT2D eigenvalue weighted by atomic mass is 9.84. The highest BCUT2D eigenvalue weighted by Gasteiger charge is 2.24. The van der Waals surface area contributed by atoms with E-state index in [1.54, 1.807) is 0 Å². The van der Waals surface area contributed by atoms with Crippen molar-refractivity contribution in [2.45, 2.75) is 38.1 Å². The molecular weight excluding hydrogens is 246 g/mol. The van der Waals surface area contributed by atoms with E-state index in [4.69, 9.17) is 17.3 Å². The maximum Gasteiger partial charge on any atom is 0.124 e. The van der Waals surface area contributed by atoms with Gasteiger partial charge in [0.15, 0.2) is 0 Å². The van der Waals surface area contributed by atoms with Crippen LogP contribution >= 0.6 is 11.6 Å². The van der Waals surface area contributed by atoms with Crippen LogP contribution in [0.5, 0.6) is 0 Å². The summed E-state index contributed by atoms with van der Waals surface area (Å²) in [6, 6.07) is 5.73. The zero-order valence-corrected chi connectivity index (χ0v) is 11.1. The SMILES string of the molecule is NC(c1nc2ccc(Cl)cc2[nH]1)C1CCCCC1. The first kappa shape index (κ1) is 12.0. The van der Waals surface area contributed by atoms with Gasteiger partial charge in [-0.25, -0.2) is 4.98 Å². The Hall–Kier alpha value is -1.06. The number of aromatic nitrogens is 2. The Bertz CT molecular complexity index is 543. The Morgan fingerprint density at radius 1 is 1.28 bits per heavy atom. The summed E-state index contributed by atoms with van der Waals surface area (Å²) in [5.74, 6) is 1.47. The maximum absolute atomic E-state index is 6.34. The minimum atomic E-state index is 0.0245. The smallest absolute Gasteiger partial charge is 0.124 e. The fourth-order valence-corrected chi connectivity index (χ4v) is 3.05. The van der Waals surface area contributed by atoms with Crippen molar-refractivity contribution >= 4 is 22.6 Å². The van der Waals surface area contributed by atoms with Gasteiger partial charge in [0.2, 0.25) is 0 Å². The standard InChI is InChI=1S/C14H18ClN3/c15-10-6-7-11-12(8-10)18-14(17-11)13(16)9-4-2-1-3-5-9/h6-9,13H,1-5,16H2,(H,17,18). The van der Waals surface area contributed by atoms with Crippen molar-refractivity contribution < 1.29 is 0 Å². The molecule has 0 spiro atoms. The summed E-state index contributed by atoms with van der Waals surface area (Å²) in [4.78, 5) is 7.90. The number of aromatic amines is 1. The number of hydrogen-bond donors (Lipinski definition) is 2. The van der Waals surface area contributed by atoms with Crippen LogP contribution in [-0.2, 0) is 0 Å². The third-order valence-corrected chi connectivity index (χ3v) is 4.17. The van der Waals surface area contributed by atoms with Crippen molar-refractivity contribution in [3.63, 3.8) is 0 Å². The zero-order valence-electron chi connectivity index (χ0n) is 10.3. The average Bonchev–Trinajstić information content (AvgIpc) is 2.81.